The highest BCUT2D eigenvalue weighted by Crippen LogP contribution is 2.72. The van der Waals surface area contributed by atoms with Crippen LogP contribution in [0.1, 0.15) is 25.7 Å². The molecule has 4 aliphatic rings. The van der Waals surface area contributed by atoms with Gasteiger partial charge in [-0.3, -0.25) is 28.8 Å². The molecule has 128 valence electrons. The van der Waals surface area contributed by atoms with Gasteiger partial charge in [0, 0.05) is 0 Å². The normalized spacial score (nSPS) is 43.0. The molecule has 0 amide bonds. The molecule has 0 aromatic rings. The Bertz CT molecular complexity index is 637. The first kappa shape index (κ1) is 18.0. The third kappa shape index (κ3) is 1.70. The predicted octanol–water partition coefficient (Wildman–Crippen LogP) is 1.73. The fraction of sp³-hybridized carbons (Fsp3) is 0.571. The van der Waals surface area contributed by atoms with Gasteiger partial charge >= 0.3 is 0 Å². The summed E-state index contributed by atoms with van der Waals surface area (Å²) in [5.41, 5.74) is -8.31. The Morgan fingerprint density at radius 3 is 0.833 bits per heavy atom. The van der Waals surface area contributed by atoms with Gasteiger partial charge in [-0.1, -0.05) is 0 Å². The molecule has 0 N–H and O–H groups in total. The first-order chi connectivity index (χ1) is 10.9. The zero-order valence-corrected chi connectivity index (χ0v) is 14.8. The summed E-state index contributed by atoms with van der Waals surface area (Å²) in [4.78, 5) is 74.1. The number of rotatable bonds is 4. The molecule has 0 aromatic heterocycles. The molecular formula is C14H8Cl4O6. The first-order valence-electron chi connectivity index (χ1n) is 6.81. The topological polar surface area (TPSA) is 102 Å². The first-order valence-corrected chi connectivity index (χ1v) is 8.32. The molecule has 4 rings (SSSR count). The maximum Gasteiger partial charge on any atom is 0.235 e. The van der Waals surface area contributed by atoms with Crippen LogP contribution in [0.25, 0.3) is 0 Å². The van der Waals surface area contributed by atoms with Crippen molar-refractivity contribution in [3.05, 3.63) is 0 Å². The Balaban J connectivity index is 2.42. The molecule has 0 aliphatic heterocycles. The van der Waals surface area contributed by atoms with Crippen LogP contribution in [0.15, 0.2) is 0 Å². The predicted molar refractivity (Wildman–Crippen MR) is 81.7 cm³/mol. The molecule has 4 fully saturated rings. The van der Waals surface area contributed by atoms with Crippen LogP contribution in [0.2, 0.25) is 0 Å². The zero-order valence-electron chi connectivity index (χ0n) is 11.8. The number of carbonyl (C=O) groups excluding carboxylic acids is 6. The Labute approximate surface area is 155 Å². The van der Waals surface area contributed by atoms with Crippen LogP contribution in [0, 0.1) is 21.7 Å². The van der Waals surface area contributed by atoms with Crippen molar-refractivity contribution in [2.24, 2.45) is 21.7 Å². The summed E-state index contributed by atoms with van der Waals surface area (Å²) in [5, 5.41) is -4.70. The lowest BCUT2D eigenvalue weighted by Crippen LogP contribution is -2.75. The highest BCUT2D eigenvalue weighted by molar-refractivity contribution is 6.73. The third-order valence-electron chi connectivity index (χ3n) is 5.66. The number of Topliss-reactive ketones (excluding diaryl/α,β-unsaturated/α-hetero) is 2. The number of carbonyl (C=O) groups is 6. The molecule has 0 heterocycles. The van der Waals surface area contributed by atoms with Gasteiger partial charge in [-0.05, 0) is 72.1 Å². The van der Waals surface area contributed by atoms with Crippen molar-refractivity contribution in [3.8, 4) is 0 Å². The zero-order chi connectivity index (χ0) is 18.3. The van der Waals surface area contributed by atoms with Crippen molar-refractivity contribution in [2.75, 3.05) is 0 Å². The van der Waals surface area contributed by atoms with Crippen LogP contribution in [0.5, 0.6) is 0 Å². The minimum absolute atomic E-state index is 0.583. The van der Waals surface area contributed by atoms with E-state index in [0.717, 1.165) is 0 Å². The summed E-state index contributed by atoms with van der Waals surface area (Å²) in [6.07, 6.45) is -2.33. The Hall–Kier alpha value is -0.820. The number of hydrogen-bond donors (Lipinski definition) is 0. The van der Waals surface area contributed by atoms with Crippen LogP contribution < -0.4 is 0 Å². The van der Waals surface area contributed by atoms with Crippen molar-refractivity contribution in [3.63, 3.8) is 0 Å². The molecule has 0 radical (unpaired) electrons. The summed E-state index contributed by atoms with van der Waals surface area (Å²) in [6, 6.07) is 0. The number of ketones is 2. The van der Waals surface area contributed by atoms with Gasteiger partial charge in [0.1, 0.15) is 21.7 Å². The Morgan fingerprint density at radius 2 is 0.708 bits per heavy atom. The second kappa shape index (κ2) is 4.87. The molecule has 10 heteroatoms. The smallest absolute Gasteiger partial charge is 0.235 e. The monoisotopic (exact) mass is 412 g/mol. The number of hydrogen-bond acceptors (Lipinski definition) is 6. The minimum atomic E-state index is -2.08. The third-order valence-corrected chi connectivity index (χ3v) is 7.10. The molecule has 4 bridgehead atoms. The SMILES string of the molecule is O=C(Cl)C12CC3(C(=O)Cl)CC(C(=O)Cl)(CC(C(=O)Cl)(C1)C3=O)C2=O. The van der Waals surface area contributed by atoms with Gasteiger partial charge in [-0.25, -0.2) is 0 Å². The summed E-state index contributed by atoms with van der Waals surface area (Å²) in [5.74, 6) is -1.77. The molecule has 0 saturated heterocycles. The average molecular weight is 414 g/mol. The number of halogens is 4. The van der Waals surface area contributed by atoms with Crippen molar-refractivity contribution < 1.29 is 28.8 Å². The van der Waals surface area contributed by atoms with Crippen LogP contribution in [0.3, 0.4) is 0 Å². The van der Waals surface area contributed by atoms with Crippen LogP contribution in [-0.2, 0) is 28.8 Å². The van der Waals surface area contributed by atoms with E-state index in [0.29, 0.717) is 0 Å². The second-order valence-electron chi connectivity index (χ2n) is 6.79. The van der Waals surface area contributed by atoms with E-state index in [-0.39, 0.29) is 0 Å². The molecule has 4 aliphatic carbocycles. The van der Waals surface area contributed by atoms with Crippen LogP contribution in [-0.4, -0.2) is 32.5 Å². The molecular weight excluding hydrogens is 406 g/mol. The highest BCUT2D eigenvalue weighted by Gasteiger charge is 2.82. The van der Waals surface area contributed by atoms with E-state index in [9.17, 15) is 28.8 Å². The summed E-state index contributed by atoms with van der Waals surface area (Å²) in [6.45, 7) is 0. The molecule has 0 aromatic carbocycles. The van der Waals surface area contributed by atoms with Gasteiger partial charge in [0.05, 0.1) is 0 Å². The van der Waals surface area contributed by atoms with Crippen molar-refractivity contribution in [2.45, 2.75) is 25.7 Å². The van der Waals surface area contributed by atoms with Crippen molar-refractivity contribution >= 4 is 78.9 Å². The molecule has 0 unspecified atom stereocenters. The summed E-state index contributed by atoms with van der Waals surface area (Å²) >= 11 is 22.4. The van der Waals surface area contributed by atoms with Crippen LogP contribution in [0.4, 0.5) is 0 Å². The van der Waals surface area contributed by atoms with E-state index >= 15 is 0 Å². The van der Waals surface area contributed by atoms with Crippen molar-refractivity contribution in [1.82, 2.24) is 0 Å². The summed E-state index contributed by atoms with van der Waals surface area (Å²) < 4.78 is 0. The maximum atomic E-state index is 12.9. The largest absolute Gasteiger partial charge is 0.297 e. The lowest BCUT2D eigenvalue weighted by molar-refractivity contribution is -0.194. The quantitative estimate of drug-likeness (QED) is 0.513. The van der Waals surface area contributed by atoms with Gasteiger partial charge in [-0.15, -0.1) is 0 Å². The average Bonchev–Trinajstić information content (AvgIpc) is 2.45. The molecule has 24 heavy (non-hydrogen) atoms. The van der Waals surface area contributed by atoms with Gasteiger partial charge in [0.15, 0.2) is 11.6 Å². The lowest BCUT2D eigenvalue weighted by atomic mass is 9.35. The van der Waals surface area contributed by atoms with E-state index in [4.69, 9.17) is 46.4 Å². The second-order valence-corrected chi connectivity index (χ2v) is 8.16. The van der Waals surface area contributed by atoms with Gasteiger partial charge in [0.25, 0.3) is 0 Å². The van der Waals surface area contributed by atoms with Crippen LogP contribution >= 0.6 is 46.4 Å². The lowest BCUT2D eigenvalue weighted by Gasteiger charge is -2.63. The van der Waals surface area contributed by atoms with Gasteiger partial charge < -0.3 is 0 Å². The van der Waals surface area contributed by atoms with E-state index < -0.39 is 79.9 Å². The standard InChI is InChI=1S/C14H8Cl4O6/c15-7(21)11-1-12(8(16)22)3-14(5(11)19,10(18)24)4-13(2-11,6(12)20)9(17)23/h1-4H2. The highest BCUT2D eigenvalue weighted by atomic mass is 35.5. The van der Waals surface area contributed by atoms with E-state index in [1.807, 2.05) is 0 Å². The van der Waals surface area contributed by atoms with Gasteiger partial charge in [0.2, 0.25) is 21.0 Å². The fourth-order valence-corrected chi connectivity index (χ4v) is 5.66. The Morgan fingerprint density at radius 1 is 0.542 bits per heavy atom. The Kier molecular flexibility index (Phi) is 3.65. The van der Waals surface area contributed by atoms with E-state index in [1.54, 1.807) is 0 Å². The molecule has 0 atom stereocenters. The fourth-order valence-electron chi connectivity index (χ4n) is 4.78. The maximum absolute atomic E-state index is 12.9. The van der Waals surface area contributed by atoms with Gasteiger partial charge in [-0.2, -0.15) is 0 Å². The molecule has 6 nitrogen and oxygen atoms in total. The summed E-state index contributed by atoms with van der Waals surface area (Å²) in [7, 11) is 0. The molecule has 4 saturated carbocycles. The van der Waals surface area contributed by atoms with E-state index in [1.165, 1.54) is 0 Å². The minimum Gasteiger partial charge on any atom is -0.297 e. The van der Waals surface area contributed by atoms with E-state index in [2.05, 4.69) is 0 Å². The van der Waals surface area contributed by atoms with Crippen molar-refractivity contribution in [1.29, 1.82) is 0 Å². The molecule has 0 spiro atoms.